The van der Waals surface area contributed by atoms with Gasteiger partial charge in [0.25, 0.3) is 0 Å². The summed E-state index contributed by atoms with van der Waals surface area (Å²) in [6.07, 6.45) is -0.00944. The summed E-state index contributed by atoms with van der Waals surface area (Å²) in [6, 6.07) is 16.8. The van der Waals surface area contributed by atoms with Gasteiger partial charge >= 0.3 is 0 Å². The van der Waals surface area contributed by atoms with E-state index >= 15 is 0 Å². The number of nitrogens with zero attached hydrogens (tertiary/aromatic N) is 1. The molecule has 0 aliphatic heterocycles. The van der Waals surface area contributed by atoms with E-state index < -0.39 is 0 Å². The number of aromatic nitrogens is 1. The predicted molar refractivity (Wildman–Crippen MR) is 68.3 cm³/mol. The lowest BCUT2D eigenvalue weighted by Gasteiger charge is -2.10. The molecule has 0 aliphatic rings. The minimum atomic E-state index is -0.00944. The molecule has 0 saturated heterocycles. The fourth-order valence-electron chi connectivity index (χ4n) is 2.39. The van der Waals surface area contributed by atoms with Crippen LogP contribution in [0.2, 0.25) is 0 Å². The van der Waals surface area contributed by atoms with E-state index in [0.29, 0.717) is 0 Å². The third kappa shape index (κ3) is 1.17. The number of nitrogens with two attached hydrogens (primary N) is 1. The highest BCUT2D eigenvalue weighted by Gasteiger charge is 2.10. The van der Waals surface area contributed by atoms with Crippen LogP contribution in [0.1, 0.15) is 13.1 Å². The lowest BCUT2D eigenvalue weighted by atomic mass is 10.2. The van der Waals surface area contributed by atoms with Crippen LogP contribution >= 0.6 is 0 Å². The molecule has 0 bridgehead atoms. The molecule has 1 unspecified atom stereocenters. The summed E-state index contributed by atoms with van der Waals surface area (Å²) in [5, 5.41) is 2.55. The first-order valence-electron chi connectivity index (χ1n) is 5.52. The SMILES string of the molecule is CC(N)n1c2ccccc2c2ccccc21. The van der Waals surface area contributed by atoms with Crippen molar-refractivity contribution < 1.29 is 0 Å². The third-order valence-electron chi connectivity index (χ3n) is 3.02. The highest BCUT2D eigenvalue weighted by Crippen LogP contribution is 2.30. The number of hydrogen-bond acceptors (Lipinski definition) is 1. The minimum absolute atomic E-state index is 0.00944. The van der Waals surface area contributed by atoms with Gasteiger partial charge in [0.05, 0.1) is 17.2 Å². The van der Waals surface area contributed by atoms with Crippen molar-refractivity contribution in [3.05, 3.63) is 48.5 Å². The molecule has 1 atom stereocenters. The highest BCUT2D eigenvalue weighted by atomic mass is 15.1. The lowest BCUT2D eigenvalue weighted by Crippen LogP contribution is -2.13. The molecule has 3 aromatic rings. The van der Waals surface area contributed by atoms with E-state index in [1.165, 1.54) is 21.8 Å². The Labute approximate surface area is 94.3 Å². The summed E-state index contributed by atoms with van der Waals surface area (Å²) in [5.74, 6) is 0. The van der Waals surface area contributed by atoms with Crippen LogP contribution < -0.4 is 5.73 Å². The zero-order valence-electron chi connectivity index (χ0n) is 9.22. The second kappa shape index (κ2) is 3.35. The minimum Gasteiger partial charge on any atom is -0.325 e. The average molecular weight is 210 g/mol. The van der Waals surface area contributed by atoms with Crippen molar-refractivity contribution in [2.75, 3.05) is 0 Å². The number of rotatable bonds is 1. The Morgan fingerprint density at radius 2 is 1.31 bits per heavy atom. The molecule has 2 aromatic carbocycles. The Kier molecular flexibility index (Phi) is 1.98. The maximum atomic E-state index is 6.05. The first-order chi connectivity index (χ1) is 7.79. The van der Waals surface area contributed by atoms with Crippen molar-refractivity contribution in [1.82, 2.24) is 4.57 Å². The van der Waals surface area contributed by atoms with Gasteiger partial charge in [-0.3, -0.25) is 0 Å². The summed E-state index contributed by atoms with van der Waals surface area (Å²) >= 11 is 0. The Balaban J connectivity index is 2.59. The second-order valence-corrected chi connectivity index (χ2v) is 4.14. The Morgan fingerprint density at radius 3 is 1.75 bits per heavy atom. The molecule has 3 rings (SSSR count). The van der Waals surface area contributed by atoms with Crippen LogP contribution in [0.25, 0.3) is 21.8 Å². The van der Waals surface area contributed by atoms with Gasteiger partial charge in [0.15, 0.2) is 0 Å². The molecule has 2 heteroatoms. The van der Waals surface area contributed by atoms with E-state index in [4.69, 9.17) is 5.73 Å². The number of para-hydroxylation sites is 2. The molecule has 2 N–H and O–H groups in total. The maximum absolute atomic E-state index is 6.05. The van der Waals surface area contributed by atoms with E-state index in [-0.39, 0.29) is 6.17 Å². The normalized spacial score (nSPS) is 13.4. The molecular weight excluding hydrogens is 196 g/mol. The van der Waals surface area contributed by atoms with Gasteiger partial charge in [-0.25, -0.2) is 0 Å². The van der Waals surface area contributed by atoms with Crippen molar-refractivity contribution >= 4 is 21.8 Å². The van der Waals surface area contributed by atoms with Crippen LogP contribution in [0.5, 0.6) is 0 Å². The molecule has 1 heterocycles. The van der Waals surface area contributed by atoms with Crippen molar-refractivity contribution in [2.24, 2.45) is 5.73 Å². The number of hydrogen-bond donors (Lipinski definition) is 1. The summed E-state index contributed by atoms with van der Waals surface area (Å²) in [7, 11) is 0. The third-order valence-corrected chi connectivity index (χ3v) is 3.02. The maximum Gasteiger partial charge on any atom is 0.0792 e. The van der Waals surface area contributed by atoms with Crippen LogP contribution in [0.4, 0.5) is 0 Å². The smallest absolute Gasteiger partial charge is 0.0792 e. The summed E-state index contributed by atoms with van der Waals surface area (Å²) in [6.45, 7) is 2.01. The van der Waals surface area contributed by atoms with Gasteiger partial charge in [0, 0.05) is 10.8 Å². The highest BCUT2D eigenvalue weighted by molar-refractivity contribution is 6.08. The summed E-state index contributed by atoms with van der Waals surface area (Å²) in [5.41, 5.74) is 8.47. The molecule has 2 nitrogen and oxygen atoms in total. The molecule has 0 aliphatic carbocycles. The average Bonchev–Trinajstić information content (AvgIpc) is 2.63. The zero-order valence-corrected chi connectivity index (χ0v) is 9.22. The van der Waals surface area contributed by atoms with Gasteiger partial charge < -0.3 is 10.3 Å². The first-order valence-corrected chi connectivity index (χ1v) is 5.52. The molecule has 0 fully saturated rings. The van der Waals surface area contributed by atoms with Crippen LogP contribution in [-0.2, 0) is 0 Å². The summed E-state index contributed by atoms with van der Waals surface area (Å²) < 4.78 is 2.19. The molecule has 1 aromatic heterocycles. The molecule has 0 spiro atoms. The summed E-state index contributed by atoms with van der Waals surface area (Å²) in [4.78, 5) is 0. The van der Waals surface area contributed by atoms with Crippen LogP contribution in [0.3, 0.4) is 0 Å². The largest absolute Gasteiger partial charge is 0.325 e. The monoisotopic (exact) mass is 210 g/mol. The fourth-order valence-corrected chi connectivity index (χ4v) is 2.39. The van der Waals surface area contributed by atoms with E-state index in [1.807, 2.05) is 6.92 Å². The standard InChI is InChI=1S/C14H14N2/c1-10(15)16-13-8-4-2-6-11(13)12-7-3-5-9-14(12)16/h2-10H,15H2,1H3. The molecule has 0 radical (unpaired) electrons. The van der Waals surface area contributed by atoms with Crippen LogP contribution in [0.15, 0.2) is 48.5 Å². The van der Waals surface area contributed by atoms with Gasteiger partial charge in [0.1, 0.15) is 0 Å². The zero-order chi connectivity index (χ0) is 11.1. The van der Waals surface area contributed by atoms with E-state index in [1.54, 1.807) is 0 Å². The van der Waals surface area contributed by atoms with E-state index in [0.717, 1.165) is 0 Å². The quantitative estimate of drug-likeness (QED) is 0.656. The Bertz CT molecular complexity index is 597. The van der Waals surface area contributed by atoms with Crippen molar-refractivity contribution in [3.63, 3.8) is 0 Å². The van der Waals surface area contributed by atoms with Crippen molar-refractivity contribution in [3.8, 4) is 0 Å². The van der Waals surface area contributed by atoms with Gasteiger partial charge in [-0.05, 0) is 19.1 Å². The second-order valence-electron chi connectivity index (χ2n) is 4.14. The Hall–Kier alpha value is -1.80. The van der Waals surface area contributed by atoms with Gasteiger partial charge in [-0.15, -0.1) is 0 Å². The van der Waals surface area contributed by atoms with Gasteiger partial charge in [0.2, 0.25) is 0 Å². The van der Waals surface area contributed by atoms with Crippen molar-refractivity contribution in [1.29, 1.82) is 0 Å². The number of benzene rings is 2. The Morgan fingerprint density at radius 1 is 0.875 bits per heavy atom. The van der Waals surface area contributed by atoms with E-state index in [2.05, 4.69) is 53.1 Å². The molecule has 0 saturated carbocycles. The lowest BCUT2D eigenvalue weighted by molar-refractivity contribution is 0.610. The van der Waals surface area contributed by atoms with Gasteiger partial charge in [-0.2, -0.15) is 0 Å². The predicted octanol–water partition coefficient (Wildman–Crippen LogP) is 3.27. The van der Waals surface area contributed by atoms with Crippen LogP contribution in [-0.4, -0.2) is 4.57 Å². The van der Waals surface area contributed by atoms with Crippen molar-refractivity contribution in [2.45, 2.75) is 13.1 Å². The first kappa shape index (κ1) is 9.43. The molecule has 0 amide bonds. The van der Waals surface area contributed by atoms with E-state index in [9.17, 15) is 0 Å². The number of fused-ring (bicyclic) bond motifs is 3. The fraction of sp³-hybridized carbons (Fsp3) is 0.143. The molecule has 16 heavy (non-hydrogen) atoms. The molecular formula is C14H14N2. The molecule has 80 valence electrons. The van der Waals surface area contributed by atoms with Crippen LogP contribution in [0, 0.1) is 0 Å². The van der Waals surface area contributed by atoms with Gasteiger partial charge in [-0.1, -0.05) is 36.4 Å². The topological polar surface area (TPSA) is 30.9 Å².